The van der Waals surface area contributed by atoms with Gasteiger partial charge in [-0.1, -0.05) is 6.07 Å². The maximum Gasteiger partial charge on any atom is 0.306 e. The molecule has 228 valence electrons. The van der Waals surface area contributed by atoms with Crippen molar-refractivity contribution in [2.75, 3.05) is 48.3 Å². The van der Waals surface area contributed by atoms with E-state index in [4.69, 9.17) is 5.11 Å². The lowest BCUT2D eigenvalue weighted by Crippen LogP contribution is -2.48. The second-order valence-electron chi connectivity index (χ2n) is 10.4. The van der Waals surface area contributed by atoms with E-state index in [1.807, 2.05) is 49.4 Å². The molecule has 0 saturated carbocycles. The second-order valence-corrected chi connectivity index (χ2v) is 10.4. The maximum absolute atomic E-state index is 12.6. The van der Waals surface area contributed by atoms with E-state index in [1.54, 1.807) is 29.4 Å². The third kappa shape index (κ3) is 8.01. The molecule has 1 aliphatic rings. The molecule has 3 aromatic heterocycles. The lowest BCUT2D eigenvalue weighted by molar-refractivity contribution is -0.143. The van der Waals surface area contributed by atoms with Crippen LogP contribution in [0.2, 0.25) is 0 Å². The number of piperazine rings is 1. The average Bonchev–Trinajstić information content (AvgIpc) is 3.03. The van der Waals surface area contributed by atoms with Crippen LogP contribution in [-0.2, 0) is 9.59 Å². The number of benzene rings is 1. The van der Waals surface area contributed by atoms with E-state index < -0.39 is 11.9 Å². The highest BCUT2D eigenvalue weighted by atomic mass is 16.4. The number of hydrogen-bond donors (Lipinski definition) is 4. The van der Waals surface area contributed by atoms with Gasteiger partial charge < -0.3 is 30.6 Å². The van der Waals surface area contributed by atoms with E-state index in [1.165, 1.54) is 0 Å². The quantitative estimate of drug-likeness (QED) is 0.187. The van der Waals surface area contributed by atoms with E-state index in [9.17, 15) is 14.7 Å². The molecule has 5 rings (SSSR count). The molecule has 4 heterocycles. The van der Waals surface area contributed by atoms with Crippen LogP contribution < -0.4 is 15.5 Å². The number of amides is 1. The van der Waals surface area contributed by atoms with Crippen molar-refractivity contribution in [2.45, 2.75) is 26.2 Å². The summed E-state index contributed by atoms with van der Waals surface area (Å²) in [6, 6.07) is 17.2. The fourth-order valence-corrected chi connectivity index (χ4v) is 4.94. The van der Waals surface area contributed by atoms with Crippen LogP contribution in [0.1, 0.15) is 25.0 Å². The zero-order chi connectivity index (χ0) is 30.9. The number of aliphatic hydroxyl groups excluding tert-OH is 1. The average molecular weight is 598 g/mol. The summed E-state index contributed by atoms with van der Waals surface area (Å²) in [5.74, 6) is 0.374. The van der Waals surface area contributed by atoms with Crippen molar-refractivity contribution in [3.8, 4) is 11.5 Å². The van der Waals surface area contributed by atoms with E-state index >= 15 is 0 Å². The standard InChI is InChI=1S/C31H35N9O4/c1-21-3-2-4-25(34-21)29-32-14-11-26(37-29)36-27-12-15-33-31(38-27)35-23-6-8-24(9-7-23)39-16-18-40(19-17-39)28(42)10-5-22(13-20-41)30(43)44/h2-4,6-9,11-12,14-15,22,41H,5,10,13,16-20H2,1H3,(H,43,44)(H2,32,33,35,36,37,38). The molecule has 0 radical (unpaired) electrons. The van der Waals surface area contributed by atoms with Gasteiger partial charge in [0.15, 0.2) is 5.82 Å². The van der Waals surface area contributed by atoms with Crippen molar-refractivity contribution in [1.29, 1.82) is 0 Å². The first kappa shape index (κ1) is 30.3. The minimum Gasteiger partial charge on any atom is -0.481 e. The Hall–Kier alpha value is -5.17. The van der Waals surface area contributed by atoms with Gasteiger partial charge in [-0.25, -0.2) is 19.9 Å². The molecule has 1 unspecified atom stereocenters. The number of aliphatic carboxylic acids is 1. The summed E-state index contributed by atoms with van der Waals surface area (Å²) >= 11 is 0. The van der Waals surface area contributed by atoms with E-state index in [2.05, 4.69) is 40.5 Å². The van der Waals surface area contributed by atoms with Gasteiger partial charge in [0.25, 0.3) is 0 Å². The maximum atomic E-state index is 12.6. The van der Waals surface area contributed by atoms with Crippen molar-refractivity contribution in [3.63, 3.8) is 0 Å². The zero-order valence-corrected chi connectivity index (χ0v) is 24.4. The molecule has 1 saturated heterocycles. The zero-order valence-electron chi connectivity index (χ0n) is 24.4. The molecular weight excluding hydrogens is 562 g/mol. The molecule has 1 fully saturated rings. The minimum absolute atomic E-state index is 0.0476. The smallest absolute Gasteiger partial charge is 0.306 e. The monoisotopic (exact) mass is 597 g/mol. The summed E-state index contributed by atoms with van der Waals surface area (Å²) in [4.78, 5) is 50.2. The number of anilines is 5. The molecule has 0 aliphatic carbocycles. The number of aromatic nitrogens is 5. The molecule has 44 heavy (non-hydrogen) atoms. The molecular formula is C31H35N9O4. The Morgan fingerprint density at radius 2 is 1.59 bits per heavy atom. The van der Waals surface area contributed by atoms with Gasteiger partial charge in [0, 0.05) is 68.7 Å². The van der Waals surface area contributed by atoms with Gasteiger partial charge in [-0.15, -0.1) is 0 Å². The first-order chi connectivity index (χ1) is 21.4. The Morgan fingerprint density at radius 1 is 0.864 bits per heavy atom. The van der Waals surface area contributed by atoms with Crippen molar-refractivity contribution in [1.82, 2.24) is 29.8 Å². The van der Waals surface area contributed by atoms with Gasteiger partial charge in [-0.3, -0.25) is 9.59 Å². The predicted molar refractivity (Wildman–Crippen MR) is 166 cm³/mol. The van der Waals surface area contributed by atoms with Gasteiger partial charge >= 0.3 is 5.97 Å². The predicted octanol–water partition coefficient (Wildman–Crippen LogP) is 3.64. The Bertz CT molecular complexity index is 1580. The second kappa shape index (κ2) is 14.3. The third-order valence-corrected chi connectivity index (χ3v) is 7.34. The Labute approximate surface area is 255 Å². The van der Waals surface area contributed by atoms with Crippen LogP contribution in [0.15, 0.2) is 67.0 Å². The molecule has 1 atom stereocenters. The topological polar surface area (TPSA) is 170 Å². The number of carboxylic acid groups (broad SMARTS) is 1. The number of aryl methyl sites for hydroxylation is 1. The lowest BCUT2D eigenvalue weighted by atomic mass is 9.99. The van der Waals surface area contributed by atoms with E-state index in [-0.39, 0.29) is 31.8 Å². The molecule has 1 aliphatic heterocycles. The van der Waals surface area contributed by atoms with Gasteiger partial charge in [0.05, 0.1) is 5.92 Å². The number of rotatable bonds is 12. The number of pyridine rings is 1. The number of nitrogens with zero attached hydrogens (tertiary/aromatic N) is 7. The first-order valence-electron chi connectivity index (χ1n) is 14.5. The normalized spacial score (nSPS) is 13.8. The molecule has 0 spiro atoms. The Kier molecular flexibility index (Phi) is 9.87. The third-order valence-electron chi connectivity index (χ3n) is 7.34. The number of carbonyl (C=O) groups excluding carboxylic acids is 1. The van der Waals surface area contributed by atoms with Crippen LogP contribution in [0, 0.1) is 12.8 Å². The van der Waals surface area contributed by atoms with Crippen molar-refractivity contribution >= 4 is 40.8 Å². The highest BCUT2D eigenvalue weighted by Gasteiger charge is 2.24. The highest BCUT2D eigenvalue weighted by molar-refractivity contribution is 5.78. The molecule has 13 nitrogen and oxygen atoms in total. The van der Waals surface area contributed by atoms with Crippen LogP contribution in [0.5, 0.6) is 0 Å². The Morgan fingerprint density at radius 3 is 2.30 bits per heavy atom. The van der Waals surface area contributed by atoms with Gasteiger partial charge in [0.1, 0.15) is 17.3 Å². The van der Waals surface area contributed by atoms with E-state index in [0.717, 1.165) is 17.1 Å². The van der Waals surface area contributed by atoms with Crippen LogP contribution in [0.4, 0.5) is 29.0 Å². The number of hydrogen-bond acceptors (Lipinski definition) is 11. The summed E-state index contributed by atoms with van der Waals surface area (Å²) in [5, 5.41) is 24.7. The van der Waals surface area contributed by atoms with Crippen molar-refractivity contribution in [2.24, 2.45) is 5.92 Å². The number of carboxylic acids is 1. The van der Waals surface area contributed by atoms with Crippen LogP contribution in [0.25, 0.3) is 11.5 Å². The molecule has 4 N–H and O–H groups in total. The Balaban J connectivity index is 1.13. The van der Waals surface area contributed by atoms with Crippen molar-refractivity contribution < 1.29 is 19.8 Å². The fourth-order valence-electron chi connectivity index (χ4n) is 4.94. The summed E-state index contributed by atoms with van der Waals surface area (Å²) in [6.45, 7) is 4.22. The van der Waals surface area contributed by atoms with Gasteiger partial charge in [0.2, 0.25) is 11.9 Å². The van der Waals surface area contributed by atoms with Gasteiger partial charge in [-0.2, -0.15) is 4.98 Å². The van der Waals surface area contributed by atoms with Crippen LogP contribution in [0.3, 0.4) is 0 Å². The largest absolute Gasteiger partial charge is 0.481 e. The van der Waals surface area contributed by atoms with Crippen LogP contribution in [-0.4, -0.2) is 84.7 Å². The molecule has 0 bridgehead atoms. The van der Waals surface area contributed by atoms with Gasteiger partial charge in [-0.05, 0) is 68.3 Å². The fraction of sp³-hybridized carbons (Fsp3) is 0.323. The summed E-state index contributed by atoms with van der Waals surface area (Å²) < 4.78 is 0. The number of aliphatic hydroxyl groups is 1. The molecule has 4 aromatic rings. The van der Waals surface area contributed by atoms with E-state index in [0.29, 0.717) is 55.3 Å². The van der Waals surface area contributed by atoms with Crippen molar-refractivity contribution in [3.05, 3.63) is 72.7 Å². The SMILES string of the molecule is Cc1cccc(-c2nccc(Nc3ccnc(Nc4ccc(N5CCN(C(=O)CCC(CCO)C(=O)O)CC5)cc4)n3)n2)n1. The summed E-state index contributed by atoms with van der Waals surface area (Å²) in [6.07, 6.45) is 3.89. The summed E-state index contributed by atoms with van der Waals surface area (Å²) in [5.41, 5.74) is 3.44. The minimum atomic E-state index is -0.974. The first-order valence-corrected chi connectivity index (χ1v) is 14.5. The highest BCUT2D eigenvalue weighted by Crippen LogP contribution is 2.23. The summed E-state index contributed by atoms with van der Waals surface area (Å²) in [7, 11) is 0. The molecule has 1 aromatic carbocycles. The van der Waals surface area contributed by atoms with Crippen LogP contribution >= 0.6 is 0 Å². The lowest BCUT2D eigenvalue weighted by Gasteiger charge is -2.36. The number of nitrogens with one attached hydrogen (secondary N) is 2. The molecule has 1 amide bonds. The number of carbonyl (C=O) groups is 2. The molecule has 13 heteroatoms.